The predicted molar refractivity (Wildman–Crippen MR) is 118 cm³/mol. The number of carbonyl (C=O) groups is 2. The quantitative estimate of drug-likeness (QED) is 0.620. The van der Waals surface area contributed by atoms with Crippen molar-refractivity contribution in [1.29, 1.82) is 0 Å². The molecule has 1 aliphatic rings. The minimum Gasteiger partial charge on any atom is -0.324 e. The van der Waals surface area contributed by atoms with E-state index in [9.17, 15) is 14.0 Å². The molecule has 1 aromatic heterocycles. The van der Waals surface area contributed by atoms with Gasteiger partial charge in [0.25, 0.3) is 5.91 Å². The summed E-state index contributed by atoms with van der Waals surface area (Å²) in [5, 5.41) is 14.8. The molecule has 31 heavy (non-hydrogen) atoms. The van der Waals surface area contributed by atoms with E-state index >= 15 is 0 Å². The first kappa shape index (κ1) is 20.9. The third kappa shape index (κ3) is 5.05. The highest BCUT2D eigenvalue weighted by atomic mass is 32.1. The first-order valence-corrected chi connectivity index (χ1v) is 10.8. The topological polar surface area (TPSA) is 87.2 Å². The summed E-state index contributed by atoms with van der Waals surface area (Å²) in [4.78, 5) is 26.9. The number of hydrogen-bond donors (Lipinski definition) is 2. The standard InChI is InChI=1S/C22H22FN5O2S/c1-14-5-2-3-7-18(14)25-22(30)28-12-4-6-15(13-28)20-26-27-21(31-20)19(29)24-17-10-8-16(23)9-11-17/h2-3,5,7-11,15H,4,6,12-13H2,1H3,(H,24,29)(H,25,30)/t15-/m0/s1. The molecule has 0 radical (unpaired) electrons. The van der Waals surface area contributed by atoms with Crippen molar-refractivity contribution in [3.05, 3.63) is 69.9 Å². The minimum atomic E-state index is -0.389. The van der Waals surface area contributed by atoms with E-state index in [0.29, 0.717) is 18.8 Å². The van der Waals surface area contributed by atoms with Crippen LogP contribution < -0.4 is 10.6 Å². The Kier molecular flexibility index (Phi) is 6.22. The lowest BCUT2D eigenvalue weighted by atomic mass is 9.99. The van der Waals surface area contributed by atoms with Gasteiger partial charge in [0.05, 0.1) is 0 Å². The average molecular weight is 440 g/mol. The van der Waals surface area contributed by atoms with Gasteiger partial charge in [-0.2, -0.15) is 0 Å². The Bertz CT molecular complexity index is 1090. The van der Waals surface area contributed by atoms with Gasteiger partial charge in [0, 0.05) is 30.4 Å². The van der Waals surface area contributed by atoms with E-state index in [1.54, 1.807) is 4.90 Å². The maximum absolute atomic E-state index is 13.0. The Balaban J connectivity index is 1.39. The van der Waals surface area contributed by atoms with E-state index in [1.165, 1.54) is 35.6 Å². The molecule has 3 amide bonds. The average Bonchev–Trinajstić information content (AvgIpc) is 3.28. The number of rotatable bonds is 4. The normalized spacial score (nSPS) is 16.1. The van der Waals surface area contributed by atoms with Crippen molar-refractivity contribution < 1.29 is 14.0 Å². The maximum Gasteiger partial charge on any atom is 0.321 e. The molecule has 0 unspecified atom stereocenters. The second-order valence-electron chi connectivity index (χ2n) is 7.44. The van der Waals surface area contributed by atoms with Crippen molar-refractivity contribution in [2.45, 2.75) is 25.7 Å². The second kappa shape index (κ2) is 9.22. The highest BCUT2D eigenvalue weighted by Gasteiger charge is 2.28. The molecule has 1 saturated heterocycles. The fraction of sp³-hybridized carbons (Fsp3) is 0.273. The first-order chi connectivity index (χ1) is 15.0. The van der Waals surface area contributed by atoms with E-state index in [-0.39, 0.29) is 28.7 Å². The summed E-state index contributed by atoms with van der Waals surface area (Å²) in [6.45, 7) is 3.14. The van der Waals surface area contributed by atoms with E-state index in [0.717, 1.165) is 29.1 Å². The predicted octanol–water partition coefficient (Wildman–Crippen LogP) is 4.65. The van der Waals surface area contributed by atoms with Crippen LogP contribution in [0.5, 0.6) is 0 Å². The number of para-hydroxylation sites is 1. The van der Waals surface area contributed by atoms with Crippen LogP contribution in [0.2, 0.25) is 0 Å². The number of aryl methyl sites for hydroxylation is 1. The van der Waals surface area contributed by atoms with Gasteiger partial charge >= 0.3 is 6.03 Å². The van der Waals surface area contributed by atoms with Gasteiger partial charge in [-0.25, -0.2) is 9.18 Å². The molecular formula is C22H22FN5O2S. The minimum absolute atomic E-state index is 0.0289. The van der Waals surface area contributed by atoms with Crippen LogP contribution in [0.3, 0.4) is 0 Å². The lowest BCUT2D eigenvalue weighted by Crippen LogP contribution is -2.41. The number of aromatic nitrogens is 2. The number of benzene rings is 2. The van der Waals surface area contributed by atoms with Gasteiger partial charge in [0.1, 0.15) is 10.8 Å². The summed E-state index contributed by atoms with van der Waals surface area (Å²) >= 11 is 1.22. The molecule has 0 aliphatic carbocycles. The van der Waals surface area contributed by atoms with Crippen LogP contribution in [0.4, 0.5) is 20.6 Å². The second-order valence-corrected chi connectivity index (χ2v) is 8.45. The molecule has 2 aromatic carbocycles. The van der Waals surface area contributed by atoms with E-state index in [4.69, 9.17) is 0 Å². The fourth-order valence-corrected chi connectivity index (χ4v) is 4.34. The molecule has 3 aromatic rings. The van der Waals surface area contributed by atoms with Gasteiger partial charge in [0.2, 0.25) is 5.01 Å². The molecule has 160 valence electrons. The number of anilines is 2. The SMILES string of the molecule is Cc1ccccc1NC(=O)N1CCC[C@H](c2nnc(C(=O)Nc3ccc(F)cc3)s2)C1. The van der Waals surface area contributed by atoms with Crippen molar-refractivity contribution >= 4 is 34.6 Å². The number of likely N-dealkylation sites (tertiary alicyclic amines) is 1. The summed E-state index contributed by atoms with van der Waals surface area (Å²) < 4.78 is 13.0. The first-order valence-electron chi connectivity index (χ1n) is 10.0. The molecule has 0 saturated carbocycles. The van der Waals surface area contributed by atoms with E-state index in [1.807, 2.05) is 31.2 Å². The van der Waals surface area contributed by atoms with Gasteiger partial charge in [-0.1, -0.05) is 29.5 Å². The largest absolute Gasteiger partial charge is 0.324 e. The van der Waals surface area contributed by atoms with E-state index < -0.39 is 0 Å². The van der Waals surface area contributed by atoms with Gasteiger partial charge < -0.3 is 15.5 Å². The van der Waals surface area contributed by atoms with Gasteiger partial charge in [-0.05, 0) is 55.7 Å². The lowest BCUT2D eigenvalue weighted by molar-refractivity contribution is 0.102. The Morgan fingerprint density at radius 3 is 2.65 bits per heavy atom. The summed E-state index contributed by atoms with van der Waals surface area (Å²) in [6.07, 6.45) is 1.73. The third-order valence-electron chi connectivity index (χ3n) is 5.18. The molecule has 4 rings (SSSR count). The van der Waals surface area contributed by atoms with Gasteiger partial charge in [-0.3, -0.25) is 4.79 Å². The Labute approximate surface area is 183 Å². The van der Waals surface area contributed by atoms with Crippen molar-refractivity contribution in [3.63, 3.8) is 0 Å². The fourth-order valence-electron chi connectivity index (χ4n) is 3.48. The zero-order valence-corrected chi connectivity index (χ0v) is 17.8. The Hall–Kier alpha value is -3.33. The highest BCUT2D eigenvalue weighted by Crippen LogP contribution is 2.30. The molecule has 2 heterocycles. The molecular weight excluding hydrogens is 417 g/mol. The molecule has 0 spiro atoms. The van der Waals surface area contributed by atoms with Crippen LogP contribution in [0.15, 0.2) is 48.5 Å². The summed E-state index contributed by atoms with van der Waals surface area (Å²) in [5.74, 6) is -0.730. The molecule has 2 N–H and O–H groups in total. The zero-order chi connectivity index (χ0) is 21.8. The highest BCUT2D eigenvalue weighted by molar-refractivity contribution is 7.13. The summed E-state index contributed by atoms with van der Waals surface area (Å²) in [5.41, 5.74) is 2.29. The van der Waals surface area contributed by atoms with Crippen molar-refractivity contribution in [1.82, 2.24) is 15.1 Å². The number of nitrogens with zero attached hydrogens (tertiary/aromatic N) is 3. The number of amides is 3. The molecule has 0 bridgehead atoms. The molecule has 9 heteroatoms. The Morgan fingerprint density at radius 1 is 1.10 bits per heavy atom. The van der Waals surface area contributed by atoms with Crippen molar-refractivity contribution in [2.75, 3.05) is 23.7 Å². The van der Waals surface area contributed by atoms with Crippen molar-refractivity contribution in [3.8, 4) is 0 Å². The number of halogens is 1. The van der Waals surface area contributed by atoms with Crippen LogP contribution in [0.1, 0.15) is 39.1 Å². The van der Waals surface area contributed by atoms with Crippen molar-refractivity contribution in [2.24, 2.45) is 0 Å². The monoisotopic (exact) mass is 439 g/mol. The Morgan fingerprint density at radius 2 is 1.87 bits per heavy atom. The van der Waals surface area contributed by atoms with Crippen LogP contribution in [-0.2, 0) is 0 Å². The van der Waals surface area contributed by atoms with Crippen LogP contribution >= 0.6 is 11.3 Å². The number of carbonyl (C=O) groups excluding carboxylic acids is 2. The number of urea groups is 1. The third-order valence-corrected chi connectivity index (χ3v) is 6.27. The summed E-state index contributed by atoms with van der Waals surface area (Å²) in [7, 11) is 0. The number of nitrogens with one attached hydrogen (secondary N) is 2. The molecule has 1 atom stereocenters. The van der Waals surface area contributed by atoms with Crippen LogP contribution in [-0.4, -0.2) is 40.1 Å². The van der Waals surface area contributed by atoms with Gasteiger partial charge in [-0.15, -0.1) is 10.2 Å². The molecule has 7 nitrogen and oxygen atoms in total. The number of piperidine rings is 1. The maximum atomic E-state index is 13.0. The van der Waals surface area contributed by atoms with E-state index in [2.05, 4.69) is 20.8 Å². The van der Waals surface area contributed by atoms with Gasteiger partial charge in [0.15, 0.2) is 0 Å². The molecule has 1 fully saturated rings. The molecule has 1 aliphatic heterocycles. The summed E-state index contributed by atoms with van der Waals surface area (Å²) in [6, 6.07) is 13.0. The smallest absolute Gasteiger partial charge is 0.321 e. The lowest BCUT2D eigenvalue weighted by Gasteiger charge is -2.31. The zero-order valence-electron chi connectivity index (χ0n) is 17.0. The van der Waals surface area contributed by atoms with Crippen LogP contribution in [0.25, 0.3) is 0 Å². The number of hydrogen-bond acceptors (Lipinski definition) is 5. The van der Waals surface area contributed by atoms with Crippen LogP contribution in [0, 0.1) is 12.7 Å².